The maximum atomic E-state index is 13.1. The highest BCUT2D eigenvalue weighted by atomic mass is 35.5. The molecule has 0 radical (unpaired) electrons. The first-order valence-electron chi connectivity index (χ1n) is 4.64. The summed E-state index contributed by atoms with van der Waals surface area (Å²) in [5.74, 6) is 0.421. The van der Waals surface area contributed by atoms with Gasteiger partial charge in [-0.3, -0.25) is 0 Å². The van der Waals surface area contributed by atoms with Gasteiger partial charge in [-0.1, -0.05) is 12.1 Å². The van der Waals surface area contributed by atoms with Crippen molar-refractivity contribution in [3.63, 3.8) is 0 Å². The smallest absolute Gasteiger partial charge is 0.124 e. The summed E-state index contributed by atoms with van der Waals surface area (Å²) in [5, 5.41) is 0. The Bertz CT molecular complexity index is 322. The van der Waals surface area contributed by atoms with Crippen molar-refractivity contribution in [1.82, 2.24) is 0 Å². The Labute approximate surface area is 89.4 Å². The normalized spacial score (nSPS) is 11.9. The number of alkyl halides is 1. The van der Waals surface area contributed by atoms with Gasteiger partial charge in [0.1, 0.15) is 5.82 Å². The standard InChI is InChI=1S/C12H14ClF/c1-9-6-11(8-12(14)7-9)10(2)4-3-5-13/h4,6-8H,3,5H2,1-2H3. The molecule has 0 heterocycles. The topological polar surface area (TPSA) is 0 Å². The lowest BCUT2D eigenvalue weighted by Crippen LogP contribution is -1.85. The van der Waals surface area contributed by atoms with Crippen LogP contribution in [0.25, 0.3) is 5.57 Å². The number of benzene rings is 1. The molecule has 0 amide bonds. The highest BCUT2D eigenvalue weighted by Gasteiger charge is 1.99. The van der Waals surface area contributed by atoms with E-state index in [1.54, 1.807) is 6.07 Å². The molecule has 0 aliphatic carbocycles. The van der Waals surface area contributed by atoms with E-state index in [1.807, 2.05) is 26.0 Å². The van der Waals surface area contributed by atoms with Crippen LogP contribution in [-0.2, 0) is 0 Å². The van der Waals surface area contributed by atoms with E-state index in [0.29, 0.717) is 5.88 Å². The molecule has 0 spiro atoms. The minimum atomic E-state index is -0.182. The Morgan fingerprint density at radius 3 is 2.71 bits per heavy atom. The molecule has 0 aliphatic heterocycles. The summed E-state index contributed by atoms with van der Waals surface area (Å²) < 4.78 is 13.1. The van der Waals surface area contributed by atoms with Gasteiger partial charge in [0.25, 0.3) is 0 Å². The highest BCUT2D eigenvalue weighted by molar-refractivity contribution is 6.17. The van der Waals surface area contributed by atoms with Crippen molar-refractivity contribution in [2.45, 2.75) is 20.3 Å². The van der Waals surface area contributed by atoms with Gasteiger partial charge in [0, 0.05) is 5.88 Å². The summed E-state index contributed by atoms with van der Waals surface area (Å²) >= 11 is 5.58. The Morgan fingerprint density at radius 1 is 1.43 bits per heavy atom. The number of allylic oxidation sites excluding steroid dienone is 2. The van der Waals surface area contributed by atoms with Crippen LogP contribution in [0.5, 0.6) is 0 Å². The van der Waals surface area contributed by atoms with E-state index >= 15 is 0 Å². The maximum absolute atomic E-state index is 13.1. The fraction of sp³-hybridized carbons (Fsp3) is 0.333. The predicted octanol–water partition coefficient (Wildman–Crippen LogP) is 4.17. The van der Waals surface area contributed by atoms with Crippen molar-refractivity contribution in [2.24, 2.45) is 0 Å². The minimum Gasteiger partial charge on any atom is -0.207 e. The van der Waals surface area contributed by atoms with Crippen LogP contribution in [0.1, 0.15) is 24.5 Å². The number of halogens is 2. The minimum absolute atomic E-state index is 0.182. The zero-order valence-electron chi connectivity index (χ0n) is 8.48. The van der Waals surface area contributed by atoms with Crippen molar-refractivity contribution in [1.29, 1.82) is 0 Å². The van der Waals surface area contributed by atoms with E-state index in [4.69, 9.17) is 11.6 Å². The first kappa shape index (κ1) is 11.3. The summed E-state index contributed by atoms with van der Waals surface area (Å²) in [6.07, 6.45) is 2.85. The third kappa shape index (κ3) is 3.15. The Kier molecular flexibility index (Phi) is 4.15. The predicted molar refractivity (Wildman–Crippen MR) is 60.1 cm³/mol. The average molecular weight is 213 g/mol. The summed E-state index contributed by atoms with van der Waals surface area (Å²) in [6, 6.07) is 5.05. The van der Waals surface area contributed by atoms with Crippen LogP contribution in [-0.4, -0.2) is 5.88 Å². The molecule has 0 saturated carbocycles. The van der Waals surface area contributed by atoms with Gasteiger partial charge in [-0.05, 0) is 49.1 Å². The molecule has 1 aromatic rings. The van der Waals surface area contributed by atoms with Crippen molar-refractivity contribution in [3.05, 3.63) is 41.2 Å². The van der Waals surface area contributed by atoms with Crippen molar-refractivity contribution in [3.8, 4) is 0 Å². The summed E-state index contributed by atoms with van der Waals surface area (Å²) in [7, 11) is 0. The lowest BCUT2D eigenvalue weighted by atomic mass is 10.0. The quantitative estimate of drug-likeness (QED) is 0.660. The number of rotatable bonds is 3. The van der Waals surface area contributed by atoms with Gasteiger partial charge in [-0.15, -0.1) is 11.6 Å². The highest BCUT2D eigenvalue weighted by Crippen LogP contribution is 2.17. The van der Waals surface area contributed by atoms with Crippen LogP contribution in [0.3, 0.4) is 0 Å². The van der Waals surface area contributed by atoms with Crippen LogP contribution >= 0.6 is 11.6 Å². The second-order valence-electron chi connectivity index (χ2n) is 3.38. The molecule has 0 N–H and O–H groups in total. The molecule has 1 rings (SSSR count). The van der Waals surface area contributed by atoms with Gasteiger partial charge >= 0.3 is 0 Å². The van der Waals surface area contributed by atoms with Crippen LogP contribution in [0.2, 0.25) is 0 Å². The van der Waals surface area contributed by atoms with Gasteiger partial charge < -0.3 is 0 Å². The molecule has 0 aromatic heterocycles. The van der Waals surface area contributed by atoms with E-state index in [0.717, 1.165) is 23.1 Å². The second-order valence-corrected chi connectivity index (χ2v) is 3.76. The van der Waals surface area contributed by atoms with Crippen LogP contribution in [0.4, 0.5) is 4.39 Å². The number of hydrogen-bond donors (Lipinski definition) is 0. The molecule has 76 valence electrons. The van der Waals surface area contributed by atoms with Crippen molar-refractivity contribution in [2.75, 3.05) is 5.88 Å². The van der Waals surface area contributed by atoms with Crippen LogP contribution < -0.4 is 0 Å². The summed E-state index contributed by atoms with van der Waals surface area (Å²) in [5.41, 5.74) is 2.96. The van der Waals surface area contributed by atoms with Crippen molar-refractivity contribution >= 4 is 17.2 Å². The summed E-state index contributed by atoms with van der Waals surface area (Å²) in [4.78, 5) is 0. The van der Waals surface area contributed by atoms with E-state index in [9.17, 15) is 4.39 Å². The molecule has 0 atom stereocenters. The fourth-order valence-electron chi connectivity index (χ4n) is 1.35. The molecule has 2 heteroatoms. The molecule has 0 fully saturated rings. The largest absolute Gasteiger partial charge is 0.207 e. The molecular formula is C12H14ClF. The molecule has 14 heavy (non-hydrogen) atoms. The first-order valence-corrected chi connectivity index (χ1v) is 5.17. The van der Waals surface area contributed by atoms with E-state index in [-0.39, 0.29) is 5.82 Å². The fourth-order valence-corrected chi connectivity index (χ4v) is 1.46. The van der Waals surface area contributed by atoms with Gasteiger partial charge in [0.05, 0.1) is 0 Å². The molecular weight excluding hydrogens is 199 g/mol. The SMILES string of the molecule is CC(=CCCCl)c1cc(C)cc(F)c1. The third-order valence-corrected chi connectivity index (χ3v) is 2.28. The number of aryl methyl sites for hydroxylation is 1. The maximum Gasteiger partial charge on any atom is 0.124 e. The molecule has 0 saturated heterocycles. The summed E-state index contributed by atoms with van der Waals surface area (Å²) in [6.45, 7) is 3.86. The first-order chi connectivity index (χ1) is 6.63. The average Bonchev–Trinajstić information content (AvgIpc) is 2.12. The van der Waals surface area contributed by atoms with Crippen LogP contribution in [0.15, 0.2) is 24.3 Å². The lowest BCUT2D eigenvalue weighted by molar-refractivity contribution is 0.626. The zero-order chi connectivity index (χ0) is 10.6. The monoisotopic (exact) mass is 212 g/mol. The molecule has 1 aromatic carbocycles. The van der Waals surface area contributed by atoms with E-state index in [1.165, 1.54) is 6.07 Å². The molecule has 0 bridgehead atoms. The van der Waals surface area contributed by atoms with Gasteiger partial charge in [-0.2, -0.15) is 0 Å². The second kappa shape index (κ2) is 5.16. The lowest BCUT2D eigenvalue weighted by Gasteiger charge is -2.03. The Hall–Kier alpha value is -0.820. The molecule has 0 aliphatic rings. The van der Waals surface area contributed by atoms with Gasteiger partial charge in [0.15, 0.2) is 0 Å². The number of hydrogen-bond acceptors (Lipinski definition) is 0. The Morgan fingerprint density at radius 2 is 2.14 bits per heavy atom. The van der Waals surface area contributed by atoms with Crippen molar-refractivity contribution < 1.29 is 4.39 Å². The van der Waals surface area contributed by atoms with Gasteiger partial charge in [-0.25, -0.2) is 4.39 Å². The molecule has 0 nitrogen and oxygen atoms in total. The zero-order valence-corrected chi connectivity index (χ0v) is 9.24. The van der Waals surface area contributed by atoms with Gasteiger partial charge in [0.2, 0.25) is 0 Å². The van der Waals surface area contributed by atoms with E-state index in [2.05, 4.69) is 0 Å². The molecule has 0 unspecified atom stereocenters. The van der Waals surface area contributed by atoms with E-state index < -0.39 is 0 Å². The Balaban J connectivity index is 2.95. The third-order valence-electron chi connectivity index (χ3n) is 2.06. The van der Waals surface area contributed by atoms with Crippen LogP contribution in [0, 0.1) is 12.7 Å².